The molecule has 0 fully saturated rings. The van der Waals surface area contributed by atoms with Crippen molar-refractivity contribution in [3.63, 3.8) is 0 Å². The molecule has 0 atom stereocenters. The monoisotopic (exact) mass is 356 g/mol. The smallest absolute Gasteiger partial charge is 0.00203 e. The molecule has 0 nitrogen and oxygen atoms in total. The molecule has 0 aliphatic rings. The summed E-state index contributed by atoms with van der Waals surface area (Å²) in [6, 6.07) is 16.1. The fourth-order valence-electron chi connectivity index (χ4n) is 4.05. The van der Waals surface area contributed by atoms with Crippen LogP contribution < -0.4 is 0 Å². The van der Waals surface area contributed by atoms with E-state index >= 15 is 0 Å². The van der Waals surface area contributed by atoms with Crippen molar-refractivity contribution in [2.75, 3.05) is 0 Å². The molecule has 0 N–H and O–H groups in total. The fourth-order valence-corrected chi connectivity index (χ4v) is 4.05. The number of benzene rings is 3. The third kappa shape index (κ3) is 4.16. The lowest BCUT2D eigenvalue weighted by atomic mass is 9.86. The molecule has 3 aromatic carbocycles. The Morgan fingerprint density at radius 1 is 0.444 bits per heavy atom. The molecule has 0 amide bonds. The minimum Gasteiger partial charge on any atom is -0.0588 e. The molecule has 0 spiro atoms. The maximum absolute atomic E-state index is 2.37. The van der Waals surface area contributed by atoms with Crippen LogP contribution in [0.2, 0.25) is 0 Å². The van der Waals surface area contributed by atoms with Crippen LogP contribution in [0.3, 0.4) is 0 Å². The Morgan fingerprint density at radius 3 is 1.22 bits per heavy atom. The van der Waals surface area contributed by atoms with Gasteiger partial charge in [0.1, 0.15) is 0 Å². The Bertz CT molecular complexity index is 912. The van der Waals surface area contributed by atoms with Gasteiger partial charge in [-0.1, -0.05) is 42.5 Å². The first kappa shape index (κ1) is 19.4. The van der Waals surface area contributed by atoms with E-state index in [2.05, 4.69) is 90.9 Å². The van der Waals surface area contributed by atoms with Crippen LogP contribution in [-0.4, -0.2) is 0 Å². The van der Waals surface area contributed by atoms with Crippen LogP contribution >= 0.6 is 0 Å². The van der Waals surface area contributed by atoms with E-state index in [9.17, 15) is 0 Å². The highest BCUT2D eigenvalue weighted by atomic mass is 14.2. The molecule has 0 saturated carbocycles. The topological polar surface area (TPSA) is 0 Å². The standard InChI is InChI=1S/C27H32/c1-17-8-10-24(13-19(17)3)15-26-21(5)12-22(6)27(23(26)7)16-25-11-9-18(2)20(4)14-25/h8-14H,15-16H2,1-7H3. The van der Waals surface area contributed by atoms with Crippen molar-refractivity contribution in [2.45, 2.75) is 61.3 Å². The number of rotatable bonds is 4. The van der Waals surface area contributed by atoms with Gasteiger partial charge in [-0.15, -0.1) is 0 Å². The van der Waals surface area contributed by atoms with Gasteiger partial charge in [-0.05, 0) is 123 Å². The van der Waals surface area contributed by atoms with Gasteiger partial charge >= 0.3 is 0 Å². The molecule has 0 aliphatic carbocycles. The summed E-state index contributed by atoms with van der Waals surface area (Å²) in [4.78, 5) is 0. The Hall–Kier alpha value is -2.34. The van der Waals surface area contributed by atoms with Gasteiger partial charge in [-0.3, -0.25) is 0 Å². The highest BCUT2D eigenvalue weighted by molar-refractivity contribution is 5.49. The molecule has 3 rings (SSSR count). The van der Waals surface area contributed by atoms with Crippen LogP contribution in [0, 0.1) is 48.5 Å². The van der Waals surface area contributed by atoms with E-state index < -0.39 is 0 Å². The van der Waals surface area contributed by atoms with E-state index in [1.54, 1.807) is 0 Å². The summed E-state index contributed by atoms with van der Waals surface area (Å²) in [6.45, 7) is 15.6. The minimum absolute atomic E-state index is 1.01. The van der Waals surface area contributed by atoms with E-state index in [0.717, 1.165) is 12.8 Å². The normalized spacial score (nSPS) is 11.1. The average Bonchev–Trinajstić information content (AvgIpc) is 2.61. The molecule has 0 heterocycles. The zero-order valence-electron chi connectivity index (χ0n) is 18.0. The van der Waals surface area contributed by atoms with Gasteiger partial charge < -0.3 is 0 Å². The summed E-state index contributed by atoms with van der Waals surface area (Å²) >= 11 is 0. The first-order valence-electron chi connectivity index (χ1n) is 9.97. The van der Waals surface area contributed by atoms with E-state index in [-0.39, 0.29) is 0 Å². The second kappa shape index (κ2) is 7.72. The van der Waals surface area contributed by atoms with Crippen molar-refractivity contribution in [3.05, 3.63) is 104 Å². The quantitative estimate of drug-likeness (QED) is 0.471. The highest BCUT2D eigenvalue weighted by Gasteiger charge is 2.13. The molecule has 27 heavy (non-hydrogen) atoms. The average molecular weight is 357 g/mol. The van der Waals surface area contributed by atoms with Crippen LogP contribution in [0.25, 0.3) is 0 Å². The molecule has 0 aliphatic heterocycles. The third-order valence-corrected chi connectivity index (χ3v) is 6.19. The third-order valence-electron chi connectivity index (χ3n) is 6.19. The van der Waals surface area contributed by atoms with Gasteiger partial charge in [-0.25, -0.2) is 0 Å². The lowest BCUT2D eigenvalue weighted by molar-refractivity contribution is 1.04. The zero-order valence-corrected chi connectivity index (χ0v) is 18.0. The van der Waals surface area contributed by atoms with E-state index in [1.807, 2.05) is 0 Å². The molecule has 0 heteroatoms. The SMILES string of the molecule is Cc1ccc(Cc2c(C)cc(C)c(Cc3ccc(C)c(C)c3)c2C)cc1C. The van der Waals surface area contributed by atoms with Crippen molar-refractivity contribution in [1.82, 2.24) is 0 Å². The van der Waals surface area contributed by atoms with Crippen LogP contribution in [-0.2, 0) is 12.8 Å². The van der Waals surface area contributed by atoms with Crippen molar-refractivity contribution in [3.8, 4) is 0 Å². The fraction of sp³-hybridized carbons (Fsp3) is 0.333. The number of hydrogen-bond acceptors (Lipinski definition) is 0. The maximum atomic E-state index is 2.37. The van der Waals surface area contributed by atoms with Gasteiger partial charge in [0.15, 0.2) is 0 Å². The van der Waals surface area contributed by atoms with E-state index in [4.69, 9.17) is 0 Å². The molecule has 3 aromatic rings. The van der Waals surface area contributed by atoms with Gasteiger partial charge in [0.05, 0.1) is 0 Å². The summed E-state index contributed by atoms with van der Waals surface area (Å²) in [5.41, 5.74) is 15.6. The van der Waals surface area contributed by atoms with Crippen LogP contribution in [0.1, 0.15) is 61.2 Å². The summed E-state index contributed by atoms with van der Waals surface area (Å²) in [6.07, 6.45) is 2.03. The summed E-state index contributed by atoms with van der Waals surface area (Å²) < 4.78 is 0. The van der Waals surface area contributed by atoms with Gasteiger partial charge in [-0.2, -0.15) is 0 Å². The van der Waals surface area contributed by atoms with Crippen LogP contribution in [0.15, 0.2) is 42.5 Å². The predicted octanol–water partition coefficient (Wildman–Crippen LogP) is 7.03. The molecule has 0 saturated heterocycles. The number of aryl methyl sites for hydroxylation is 6. The molecular weight excluding hydrogens is 324 g/mol. The predicted molar refractivity (Wildman–Crippen MR) is 118 cm³/mol. The van der Waals surface area contributed by atoms with Crippen molar-refractivity contribution >= 4 is 0 Å². The lowest BCUT2D eigenvalue weighted by Crippen LogP contribution is -2.04. The first-order valence-corrected chi connectivity index (χ1v) is 9.97. The summed E-state index contributed by atoms with van der Waals surface area (Å²) in [5, 5.41) is 0. The van der Waals surface area contributed by atoms with Gasteiger partial charge in [0.2, 0.25) is 0 Å². The summed E-state index contributed by atoms with van der Waals surface area (Å²) in [7, 11) is 0. The largest absolute Gasteiger partial charge is 0.0588 e. The summed E-state index contributed by atoms with van der Waals surface area (Å²) in [5.74, 6) is 0. The van der Waals surface area contributed by atoms with Crippen molar-refractivity contribution in [2.24, 2.45) is 0 Å². The molecule has 140 valence electrons. The zero-order chi connectivity index (χ0) is 19.7. The van der Waals surface area contributed by atoms with E-state index in [1.165, 1.54) is 61.2 Å². The Kier molecular flexibility index (Phi) is 5.56. The molecule has 0 aromatic heterocycles. The van der Waals surface area contributed by atoms with Crippen molar-refractivity contribution in [1.29, 1.82) is 0 Å². The highest BCUT2D eigenvalue weighted by Crippen LogP contribution is 2.28. The first-order chi connectivity index (χ1) is 12.8. The molecule has 0 bridgehead atoms. The number of hydrogen-bond donors (Lipinski definition) is 0. The Balaban J connectivity index is 1.99. The minimum atomic E-state index is 1.01. The van der Waals surface area contributed by atoms with Crippen LogP contribution in [0.4, 0.5) is 0 Å². The van der Waals surface area contributed by atoms with Crippen LogP contribution in [0.5, 0.6) is 0 Å². The molecule has 0 unspecified atom stereocenters. The molecular formula is C27H32. The van der Waals surface area contributed by atoms with Gasteiger partial charge in [0, 0.05) is 0 Å². The van der Waals surface area contributed by atoms with E-state index in [0.29, 0.717) is 0 Å². The lowest BCUT2D eigenvalue weighted by Gasteiger charge is -2.19. The van der Waals surface area contributed by atoms with Crippen molar-refractivity contribution < 1.29 is 0 Å². The second-order valence-electron chi connectivity index (χ2n) is 8.28. The Morgan fingerprint density at radius 2 is 0.852 bits per heavy atom. The maximum Gasteiger partial charge on any atom is -0.00203 e. The Labute approximate surface area is 165 Å². The van der Waals surface area contributed by atoms with Gasteiger partial charge in [0.25, 0.3) is 0 Å². The second-order valence-corrected chi connectivity index (χ2v) is 8.28. The molecule has 0 radical (unpaired) electrons.